The molecule has 2 fully saturated rings. The molecule has 116 valence electrons. The van der Waals surface area contributed by atoms with Crippen LogP contribution in [0.2, 0.25) is 0 Å². The van der Waals surface area contributed by atoms with Gasteiger partial charge in [-0.1, -0.05) is 24.3 Å². The summed E-state index contributed by atoms with van der Waals surface area (Å²) in [7, 11) is 2.10. The van der Waals surface area contributed by atoms with Gasteiger partial charge in [0.25, 0.3) is 0 Å². The van der Waals surface area contributed by atoms with Crippen LogP contribution in [0.15, 0.2) is 24.3 Å². The van der Waals surface area contributed by atoms with Gasteiger partial charge >= 0.3 is 0 Å². The Hall–Kier alpha value is -0.860. The van der Waals surface area contributed by atoms with Crippen LogP contribution in [0.5, 0.6) is 0 Å². The van der Waals surface area contributed by atoms with Crippen LogP contribution in [-0.2, 0) is 0 Å². The maximum atomic E-state index is 3.53. The molecule has 2 saturated carbocycles. The highest BCUT2D eigenvalue weighted by Gasteiger charge is 2.29. The van der Waals surface area contributed by atoms with E-state index in [1.807, 2.05) is 0 Å². The van der Waals surface area contributed by atoms with Crippen molar-refractivity contribution >= 4 is 0 Å². The Morgan fingerprint density at radius 1 is 1.10 bits per heavy atom. The third-order valence-corrected chi connectivity index (χ3v) is 5.07. The van der Waals surface area contributed by atoms with Crippen molar-refractivity contribution in [3.05, 3.63) is 35.4 Å². The fourth-order valence-electron chi connectivity index (χ4n) is 3.33. The first-order chi connectivity index (χ1) is 10.3. The lowest BCUT2D eigenvalue weighted by Crippen LogP contribution is -2.32. The van der Waals surface area contributed by atoms with E-state index in [-0.39, 0.29) is 0 Å². The molecular formula is C19H30N2. The topological polar surface area (TPSA) is 15.3 Å². The highest BCUT2D eigenvalue weighted by molar-refractivity contribution is 5.28. The van der Waals surface area contributed by atoms with Gasteiger partial charge in [-0.2, -0.15) is 0 Å². The summed E-state index contributed by atoms with van der Waals surface area (Å²) in [4.78, 5) is 2.75. The summed E-state index contributed by atoms with van der Waals surface area (Å²) < 4.78 is 0. The molecule has 3 rings (SSSR count). The molecule has 2 aliphatic carbocycles. The van der Waals surface area contributed by atoms with Crippen molar-refractivity contribution < 1.29 is 0 Å². The number of hydrogen-bond donors (Lipinski definition) is 1. The van der Waals surface area contributed by atoms with Crippen molar-refractivity contribution in [3.8, 4) is 0 Å². The average Bonchev–Trinajstić information content (AvgIpc) is 3.37. The zero-order valence-electron chi connectivity index (χ0n) is 13.6. The maximum absolute atomic E-state index is 3.53. The standard InChI is InChI=1S/C19H30N2/c1-15-5-3-4-6-18(15)19(20-2)11-12-21(13-16-7-8-16)14-17-9-10-17/h3-6,16-17,19-20H,7-14H2,1-2H3. The molecule has 1 aromatic rings. The molecular weight excluding hydrogens is 256 g/mol. The first-order valence-electron chi connectivity index (χ1n) is 8.71. The van der Waals surface area contributed by atoms with E-state index in [1.165, 1.54) is 62.9 Å². The van der Waals surface area contributed by atoms with Crippen LogP contribution in [0.1, 0.15) is 49.3 Å². The lowest BCUT2D eigenvalue weighted by Gasteiger charge is -2.26. The van der Waals surface area contributed by atoms with Crippen LogP contribution >= 0.6 is 0 Å². The van der Waals surface area contributed by atoms with Gasteiger partial charge in [-0.05, 0) is 75.6 Å². The zero-order valence-corrected chi connectivity index (χ0v) is 13.6. The summed E-state index contributed by atoms with van der Waals surface area (Å²) in [6.07, 6.45) is 7.09. The third-order valence-electron chi connectivity index (χ3n) is 5.07. The first-order valence-corrected chi connectivity index (χ1v) is 8.71. The summed E-state index contributed by atoms with van der Waals surface area (Å²) in [6.45, 7) is 6.17. The summed E-state index contributed by atoms with van der Waals surface area (Å²) in [6, 6.07) is 9.30. The molecule has 0 heterocycles. The fourth-order valence-corrected chi connectivity index (χ4v) is 3.33. The number of rotatable bonds is 9. The van der Waals surface area contributed by atoms with Crippen molar-refractivity contribution in [3.63, 3.8) is 0 Å². The van der Waals surface area contributed by atoms with E-state index in [0.717, 1.165) is 11.8 Å². The first kappa shape index (κ1) is 15.1. The van der Waals surface area contributed by atoms with Gasteiger partial charge in [-0.25, -0.2) is 0 Å². The second kappa shape index (κ2) is 6.93. The molecule has 0 radical (unpaired) electrons. The number of nitrogens with zero attached hydrogens (tertiary/aromatic N) is 1. The smallest absolute Gasteiger partial charge is 0.0332 e. The van der Waals surface area contributed by atoms with E-state index in [9.17, 15) is 0 Å². The largest absolute Gasteiger partial charge is 0.313 e. The molecule has 1 unspecified atom stereocenters. The molecule has 2 heteroatoms. The highest BCUT2D eigenvalue weighted by Crippen LogP contribution is 2.34. The minimum Gasteiger partial charge on any atom is -0.313 e. The van der Waals surface area contributed by atoms with E-state index in [2.05, 4.69) is 48.5 Å². The van der Waals surface area contributed by atoms with Crippen molar-refractivity contribution in [2.24, 2.45) is 11.8 Å². The molecule has 0 saturated heterocycles. The van der Waals surface area contributed by atoms with Crippen LogP contribution in [0.4, 0.5) is 0 Å². The summed E-state index contributed by atoms with van der Waals surface area (Å²) in [5.74, 6) is 2.02. The third kappa shape index (κ3) is 4.55. The van der Waals surface area contributed by atoms with E-state index < -0.39 is 0 Å². The molecule has 1 aromatic carbocycles. The Morgan fingerprint density at radius 3 is 2.24 bits per heavy atom. The molecule has 0 bridgehead atoms. The van der Waals surface area contributed by atoms with Gasteiger partial charge in [0.2, 0.25) is 0 Å². The molecule has 0 spiro atoms. The quantitative estimate of drug-likeness (QED) is 0.743. The lowest BCUT2D eigenvalue weighted by molar-refractivity contribution is 0.239. The Morgan fingerprint density at radius 2 is 1.71 bits per heavy atom. The SMILES string of the molecule is CNC(CCN(CC1CC1)CC1CC1)c1ccccc1C. The number of hydrogen-bond acceptors (Lipinski definition) is 2. The van der Waals surface area contributed by atoms with Gasteiger partial charge < -0.3 is 10.2 Å². The molecule has 1 N–H and O–H groups in total. The van der Waals surface area contributed by atoms with Crippen LogP contribution in [0.25, 0.3) is 0 Å². The number of aryl methyl sites for hydroxylation is 1. The van der Waals surface area contributed by atoms with Gasteiger partial charge in [0.15, 0.2) is 0 Å². The molecule has 0 aliphatic heterocycles. The molecule has 2 aliphatic rings. The van der Waals surface area contributed by atoms with Crippen LogP contribution in [0.3, 0.4) is 0 Å². The van der Waals surface area contributed by atoms with Crippen molar-refractivity contribution in [1.29, 1.82) is 0 Å². The molecule has 21 heavy (non-hydrogen) atoms. The van der Waals surface area contributed by atoms with Crippen LogP contribution < -0.4 is 5.32 Å². The normalized spacial score (nSPS) is 20.0. The summed E-state index contributed by atoms with van der Waals surface area (Å²) in [5, 5.41) is 3.53. The summed E-state index contributed by atoms with van der Waals surface area (Å²) >= 11 is 0. The van der Waals surface area contributed by atoms with Crippen LogP contribution in [0, 0.1) is 18.8 Å². The maximum Gasteiger partial charge on any atom is 0.0332 e. The van der Waals surface area contributed by atoms with Gasteiger partial charge in [0, 0.05) is 19.1 Å². The number of benzene rings is 1. The Bertz CT molecular complexity index is 435. The van der Waals surface area contributed by atoms with Gasteiger partial charge in [-0.15, -0.1) is 0 Å². The van der Waals surface area contributed by atoms with Crippen molar-refractivity contribution in [2.45, 2.75) is 45.1 Å². The molecule has 0 aromatic heterocycles. The van der Waals surface area contributed by atoms with E-state index in [4.69, 9.17) is 0 Å². The summed E-state index contributed by atoms with van der Waals surface area (Å²) in [5.41, 5.74) is 2.88. The van der Waals surface area contributed by atoms with Crippen LogP contribution in [-0.4, -0.2) is 31.6 Å². The molecule has 2 nitrogen and oxygen atoms in total. The zero-order chi connectivity index (χ0) is 14.7. The Balaban J connectivity index is 1.55. The van der Waals surface area contributed by atoms with Gasteiger partial charge in [0.1, 0.15) is 0 Å². The Kier molecular flexibility index (Phi) is 4.97. The van der Waals surface area contributed by atoms with Crippen molar-refractivity contribution in [1.82, 2.24) is 10.2 Å². The molecule has 1 atom stereocenters. The fraction of sp³-hybridized carbons (Fsp3) is 0.684. The minimum atomic E-state index is 0.493. The lowest BCUT2D eigenvalue weighted by atomic mass is 9.98. The van der Waals surface area contributed by atoms with Gasteiger partial charge in [0.05, 0.1) is 0 Å². The minimum absolute atomic E-state index is 0.493. The number of nitrogens with one attached hydrogen (secondary N) is 1. The molecule has 0 amide bonds. The van der Waals surface area contributed by atoms with Crippen molar-refractivity contribution in [2.75, 3.05) is 26.7 Å². The predicted octanol–water partition coefficient (Wildman–Crippen LogP) is 3.77. The van der Waals surface area contributed by atoms with E-state index >= 15 is 0 Å². The second-order valence-corrected chi connectivity index (χ2v) is 7.13. The Labute approximate surface area is 129 Å². The van der Waals surface area contributed by atoms with E-state index in [0.29, 0.717) is 6.04 Å². The van der Waals surface area contributed by atoms with Gasteiger partial charge in [-0.3, -0.25) is 0 Å². The second-order valence-electron chi connectivity index (χ2n) is 7.13. The predicted molar refractivity (Wildman–Crippen MR) is 89.5 cm³/mol. The van der Waals surface area contributed by atoms with E-state index in [1.54, 1.807) is 0 Å². The monoisotopic (exact) mass is 286 g/mol. The average molecular weight is 286 g/mol. The highest BCUT2D eigenvalue weighted by atomic mass is 15.1.